The van der Waals surface area contributed by atoms with Crippen LogP contribution in [-0.2, 0) is 16.1 Å². The first-order valence-electron chi connectivity index (χ1n) is 9.36. The smallest absolute Gasteiger partial charge is 0.325 e. The van der Waals surface area contributed by atoms with E-state index in [1.54, 1.807) is 35.8 Å². The molecule has 1 amide bonds. The van der Waals surface area contributed by atoms with Crippen molar-refractivity contribution in [1.29, 1.82) is 0 Å². The van der Waals surface area contributed by atoms with Crippen LogP contribution in [0.4, 0.5) is 0 Å². The summed E-state index contributed by atoms with van der Waals surface area (Å²) in [6.45, 7) is 3.56. The molecule has 0 N–H and O–H groups in total. The topological polar surface area (TPSA) is 86.7 Å². The van der Waals surface area contributed by atoms with Crippen LogP contribution in [0.3, 0.4) is 0 Å². The molecular weight excluding hydrogens is 438 g/mol. The highest BCUT2D eigenvalue weighted by Crippen LogP contribution is 2.31. The summed E-state index contributed by atoms with van der Waals surface area (Å²) in [7, 11) is 1.32. The van der Waals surface area contributed by atoms with E-state index < -0.39 is 11.9 Å². The maximum atomic E-state index is 13.2. The van der Waals surface area contributed by atoms with Gasteiger partial charge in [0.15, 0.2) is 4.80 Å². The van der Waals surface area contributed by atoms with E-state index in [4.69, 9.17) is 20.9 Å². The third-order valence-electron chi connectivity index (χ3n) is 4.76. The molecule has 0 aliphatic rings. The molecule has 0 saturated carbocycles. The fourth-order valence-electron chi connectivity index (χ4n) is 3.22. The van der Waals surface area contributed by atoms with Crippen molar-refractivity contribution in [3.05, 3.63) is 69.2 Å². The average molecular weight is 456 g/mol. The van der Waals surface area contributed by atoms with Gasteiger partial charge < -0.3 is 13.8 Å². The average Bonchev–Trinajstić information content (AvgIpc) is 3.28. The number of ether oxygens (including phenoxy) is 1. The van der Waals surface area contributed by atoms with Crippen molar-refractivity contribution in [2.45, 2.75) is 20.4 Å². The molecule has 0 aliphatic carbocycles. The van der Waals surface area contributed by atoms with E-state index in [0.29, 0.717) is 26.8 Å². The lowest BCUT2D eigenvalue weighted by Gasteiger charge is -2.04. The highest BCUT2D eigenvalue weighted by molar-refractivity contribution is 7.16. The summed E-state index contributed by atoms with van der Waals surface area (Å²) in [5, 5.41) is 4.48. The van der Waals surface area contributed by atoms with Crippen LogP contribution < -0.4 is 4.80 Å². The lowest BCUT2D eigenvalue weighted by atomic mass is 10.1. The normalized spacial score (nSPS) is 11.8. The SMILES string of the molecule is COC(=O)Cn1c(=NC(=O)c2c(-c3ccccc3Cl)noc2C)sc2cc(C)ccc21. The fourth-order valence-corrected chi connectivity index (χ4v) is 4.57. The van der Waals surface area contributed by atoms with E-state index in [-0.39, 0.29) is 12.1 Å². The first kappa shape index (κ1) is 21.0. The van der Waals surface area contributed by atoms with E-state index >= 15 is 0 Å². The van der Waals surface area contributed by atoms with Crippen molar-refractivity contribution in [2.24, 2.45) is 4.99 Å². The number of carbonyl (C=O) groups is 2. The van der Waals surface area contributed by atoms with Crippen LogP contribution in [0.1, 0.15) is 21.7 Å². The Morgan fingerprint density at radius 1 is 1.23 bits per heavy atom. The Hall–Kier alpha value is -3.23. The predicted molar refractivity (Wildman–Crippen MR) is 118 cm³/mol. The number of rotatable bonds is 4. The minimum Gasteiger partial charge on any atom is -0.468 e. The summed E-state index contributed by atoms with van der Waals surface area (Å²) < 4.78 is 12.7. The number of aromatic nitrogens is 2. The predicted octanol–water partition coefficient (Wildman–Crippen LogP) is 4.54. The molecule has 4 rings (SSSR count). The van der Waals surface area contributed by atoms with Crippen LogP contribution in [0.15, 0.2) is 52.0 Å². The standard InChI is InChI=1S/C22H18ClN3O4S/c1-12-8-9-16-17(10-12)31-22(26(16)11-18(27)29-3)24-21(28)19-13(2)30-25-20(19)14-6-4-5-7-15(14)23/h4-10H,11H2,1-3H3. The molecule has 4 aromatic rings. The monoisotopic (exact) mass is 455 g/mol. The number of aryl methyl sites for hydroxylation is 2. The van der Waals surface area contributed by atoms with Crippen LogP contribution in [-0.4, -0.2) is 28.7 Å². The minimum atomic E-state index is -0.532. The Kier molecular flexibility index (Phi) is 5.75. The number of esters is 1. The van der Waals surface area contributed by atoms with Gasteiger partial charge in [-0.3, -0.25) is 9.59 Å². The summed E-state index contributed by atoms with van der Waals surface area (Å²) >= 11 is 7.61. The van der Waals surface area contributed by atoms with Crippen molar-refractivity contribution in [3.63, 3.8) is 0 Å². The van der Waals surface area contributed by atoms with Gasteiger partial charge in [-0.25, -0.2) is 0 Å². The van der Waals surface area contributed by atoms with Gasteiger partial charge in [-0.2, -0.15) is 4.99 Å². The van der Waals surface area contributed by atoms with Crippen LogP contribution in [0.2, 0.25) is 5.02 Å². The van der Waals surface area contributed by atoms with Crippen molar-refractivity contribution in [1.82, 2.24) is 9.72 Å². The lowest BCUT2D eigenvalue weighted by Crippen LogP contribution is -2.22. The quantitative estimate of drug-likeness (QED) is 0.421. The zero-order valence-corrected chi connectivity index (χ0v) is 18.6. The minimum absolute atomic E-state index is 0.0638. The molecule has 31 heavy (non-hydrogen) atoms. The second-order valence-electron chi connectivity index (χ2n) is 6.88. The van der Waals surface area contributed by atoms with Crippen molar-refractivity contribution in [3.8, 4) is 11.3 Å². The van der Waals surface area contributed by atoms with Gasteiger partial charge >= 0.3 is 5.97 Å². The molecule has 0 atom stereocenters. The molecule has 0 spiro atoms. The van der Waals surface area contributed by atoms with Gasteiger partial charge in [0, 0.05) is 5.56 Å². The van der Waals surface area contributed by atoms with Gasteiger partial charge in [-0.1, -0.05) is 52.4 Å². The zero-order valence-electron chi connectivity index (χ0n) is 17.0. The highest BCUT2D eigenvalue weighted by Gasteiger charge is 2.23. The molecule has 2 aromatic heterocycles. The molecule has 9 heteroatoms. The number of fused-ring (bicyclic) bond motifs is 1. The molecule has 158 valence electrons. The Labute approximate surface area is 186 Å². The van der Waals surface area contributed by atoms with E-state index in [9.17, 15) is 9.59 Å². The van der Waals surface area contributed by atoms with Crippen molar-refractivity contribution in [2.75, 3.05) is 7.11 Å². The van der Waals surface area contributed by atoms with E-state index in [1.807, 2.05) is 25.1 Å². The molecule has 0 fully saturated rings. The second kappa shape index (κ2) is 8.49. The number of hydrogen-bond donors (Lipinski definition) is 0. The van der Waals surface area contributed by atoms with Gasteiger partial charge in [0.1, 0.15) is 23.6 Å². The first-order chi connectivity index (χ1) is 14.9. The molecule has 0 bridgehead atoms. The lowest BCUT2D eigenvalue weighted by molar-refractivity contribution is -0.141. The molecule has 0 unspecified atom stereocenters. The number of amides is 1. The van der Waals surface area contributed by atoms with Gasteiger partial charge in [-0.05, 0) is 37.6 Å². The zero-order chi connectivity index (χ0) is 22.1. The highest BCUT2D eigenvalue weighted by atomic mass is 35.5. The first-order valence-corrected chi connectivity index (χ1v) is 10.6. The van der Waals surface area contributed by atoms with Crippen molar-refractivity contribution < 1.29 is 18.8 Å². The third kappa shape index (κ3) is 4.04. The number of nitrogens with zero attached hydrogens (tertiary/aromatic N) is 3. The molecule has 0 saturated heterocycles. The van der Waals surface area contributed by atoms with E-state index in [0.717, 1.165) is 15.8 Å². The molecule has 0 radical (unpaired) electrons. The van der Waals surface area contributed by atoms with Crippen LogP contribution >= 0.6 is 22.9 Å². The van der Waals surface area contributed by atoms with Crippen LogP contribution in [0.25, 0.3) is 21.5 Å². The maximum Gasteiger partial charge on any atom is 0.325 e. The Bertz CT molecular complexity index is 1380. The van der Waals surface area contributed by atoms with Gasteiger partial charge in [0.05, 0.1) is 22.3 Å². The largest absolute Gasteiger partial charge is 0.468 e. The Balaban J connectivity index is 1.88. The van der Waals surface area contributed by atoms with Gasteiger partial charge in [0.25, 0.3) is 5.91 Å². The third-order valence-corrected chi connectivity index (χ3v) is 6.13. The molecule has 2 aromatic carbocycles. The molecule has 7 nitrogen and oxygen atoms in total. The number of halogens is 1. The van der Waals surface area contributed by atoms with Crippen LogP contribution in [0, 0.1) is 13.8 Å². The number of thiazole rings is 1. The molecule has 2 heterocycles. The summed E-state index contributed by atoms with van der Waals surface area (Å²) in [5.41, 5.74) is 2.99. The Morgan fingerprint density at radius 2 is 2.00 bits per heavy atom. The van der Waals surface area contributed by atoms with E-state index in [2.05, 4.69) is 10.1 Å². The number of hydrogen-bond acceptors (Lipinski definition) is 6. The summed E-state index contributed by atoms with van der Waals surface area (Å²) in [6, 6.07) is 12.9. The summed E-state index contributed by atoms with van der Waals surface area (Å²) in [6.07, 6.45) is 0. The second-order valence-corrected chi connectivity index (χ2v) is 8.29. The Morgan fingerprint density at radius 3 is 2.74 bits per heavy atom. The number of methoxy groups -OCH3 is 1. The fraction of sp³-hybridized carbons (Fsp3) is 0.182. The molecule has 0 aliphatic heterocycles. The number of benzene rings is 2. The number of carbonyl (C=O) groups excluding carboxylic acids is 2. The van der Waals surface area contributed by atoms with Crippen LogP contribution in [0.5, 0.6) is 0 Å². The van der Waals surface area contributed by atoms with Gasteiger partial charge in [0.2, 0.25) is 0 Å². The summed E-state index contributed by atoms with van der Waals surface area (Å²) in [5.74, 6) is -0.636. The molecular formula is C22H18ClN3O4S. The van der Waals surface area contributed by atoms with Crippen molar-refractivity contribution >= 4 is 45.0 Å². The van der Waals surface area contributed by atoms with E-state index in [1.165, 1.54) is 18.4 Å². The maximum absolute atomic E-state index is 13.2. The van der Waals surface area contributed by atoms with Gasteiger partial charge in [-0.15, -0.1) is 0 Å². The summed E-state index contributed by atoms with van der Waals surface area (Å²) in [4.78, 5) is 29.9.